The molecule has 2 aromatic carbocycles. The molecular weight excluding hydrogens is 395 g/mol. The Hall–Kier alpha value is -1.76. The fourth-order valence-corrected chi connectivity index (χ4v) is 2.32. The van der Waals surface area contributed by atoms with Crippen molar-refractivity contribution in [3.05, 3.63) is 56.5 Å². The van der Waals surface area contributed by atoms with E-state index < -0.39 is 12.0 Å². The van der Waals surface area contributed by atoms with E-state index in [1.54, 1.807) is 18.2 Å². The van der Waals surface area contributed by atoms with Crippen LogP contribution < -0.4 is 10.6 Å². The topological polar surface area (TPSA) is 78.4 Å². The van der Waals surface area contributed by atoms with Crippen molar-refractivity contribution in [2.75, 3.05) is 10.6 Å². The number of carbonyl (C=O) groups is 2. The predicted octanol–water partition coefficient (Wildman–Crippen LogP) is 5.10. The number of carboxylic acid groups (broad SMARTS) is 1. The average Bonchev–Trinajstić information content (AvgIpc) is 2.44. The number of urea groups is 1. The number of carboxylic acids is 1. The van der Waals surface area contributed by atoms with Crippen LogP contribution in [0.4, 0.5) is 16.2 Å². The summed E-state index contributed by atoms with van der Waals surface area (Å²) >= 11 is 14.8. The van der Waals surface area contributed by atoms with Gasteiger partial charge < -0.3 is 15.7 Å². The monoisotopic (exact) mass is 402 g/mol. The van der Waals surface area contributed by atoms with Gasteiger partial charge in [-0.2, -0.15) is 0 Å². The first kappa shape index (κ1) is 16.6. The van der Waals surface area contributed by atoms with Gasteiger partial charge in [-0.3, -0.25) is 0 Å². The first-order valence-electron chi connectivity index (χ1n) is 5.92. The zero-order valence-electron chi connectivity index (χ0n) is 10.9. The largest absolute Gasteiger partial charge is 0.478 e. The van der Waals surface area contributed by atoms with Crippen LogP contribution in [-0.2, 0) is 0 Å². The lowest BCUT2D eigenvalue weighted by molar-refractivity contribution is 0.0698. The van der Waals surface area contributed by atoms with Gasteiger partial charge in [0.25, 0.3) is 0 Å². The first-order valence-corrected chi connectivity index (χ1v) is 7.47. The van der Waals surface area contributed by atoms with E-state index in [9.17, 15) is 9.59 Å². The van der Waals surface area contributed by atoms with Crippen LogP contribution in [0.1, 0.15) is 10.4 Å². The van der Waals surface area contributed by atoms with Gasteiger partial charge in [0, 0.05) is 10.2 Å². The standard InChI is InChI=1S/C14H9BrCl2N2O3/c15-7-1-4-12(9(5-7)13(20)21)19-14(22)18-8-2-3-10(16)11(17)6-8/h1-6H,(H,20,21)(H2,18,19,22). The second-order valence-electron chi connectivity index (χ2n) is 4.20. The van der Waals surface area contributed by atoms with Gasteiger partial charge >= 0.3 is 12.0 Å². The lowest BCUT2D eigenvalue weighted by atomic mass is 10.2. The van der Waals surface area contributed by atoms with Crippen molar-refractivity contribution in [3.63, 3.8) is 0 Å². The summed E-state index contributed by atoms with van der Waals surface area (Å²) in [5.74, 6) is -1.15. The van der Waals surface area contributed by atoms with E-state index in [2.05, 4.69) is 26.6 Å². The van der Waals surface area contributed by atoms with Crippen LogP contribution in [0.15, 0.2) is 40.9 Å². The Morgan fingerprint density at radius 1 is 1.00 bits per heavy atom. The number of benzene rings is 2. The normalized spacial score (nSPS) is 10.1. The molecule has 0 aliphatic carbocycles. The Bertz CT molecular complexity index is 753. The van der Waals surface area contributed by atoms with Crippen LogP contribution in [0.25, 0.3) is 0 Å². The van der Waals surface area contributed by atoms with Crippen molar-refractivity contribution in [1.82, 2.24) is 0 Å². The molecule has 0 saturated heterocycles. The van der Waals surface area contributed by atoms with Crippen LogP contribution in [0.3, 0.4) is 0 Å². The summed E-state index contributed by atoms with van der Waals surface area (Å²) in [6.45, 7) is 0. The zero-order chi connectivity index (χ0) is 16.3. The molecule has 0 aromatic heterocycles. The van der Waals surface area contributed by atoms with Crippen LogP contribution in [-0.4, -0.2) is 17.1 Å². The van der Waals surface area contributed by atoms with Crippen LogP contribution >= 0.6 is 39.1 Å². The molecule has 0 fully saturated rings. The van der Waals surface area contributed by atoms with Crippen molar-refractivity contribution < 1.29 is 14.7 Å². The van der Waals surface area contributed by atoms with Crippen molar-refractivity contribution in [2.24, 2.45) is 0 Å². The number of nitrogens with one attached hydrogen (secondary N) is 2. The van der Waals surface area contributed by atoms with Gasteiger partial charge in [0.05, 0.1) is 21.3 Å². The van der Waals surface area contributed by atoms with E-state index in [0.717, 1.165) is 0 Å². The minimum Gasteiger partial charge on any atom is -0.478 e. The number of hydrogen-bond acceptors (Lipinski definition) is 2. The molecule has 0 aliphatic heterocycles. The van der Waals surface area contributed by atoms with Crippen LogP contribution in [0, 0.1) is 0 Å². The van der Waals surface area contributed by atoms with Gasteiger partial charge in [-0.15, -0.1) is 0 Å². The van der Waals surface area contributed by atoms with Gasteiger partial charge in [0.1, 0.15) is 0 Å². The molecule has 114 valence electrons. The van der Waals surface area contributed by atoms with Gasteiger partial charge in [0.15, 0.2) is 0 Å². The molecule has 0 atom stereocenters. The van der Waals surface area contributed by atoms with Crippen molar-refractivity contribution in [1.29, 1.82) is 0 Å². The fraction of sp³-hybridized carbons (Fsp3) is 0. The minimum atomic E-state index is -1.15. The summed E-state index contributed by atoms with van der Waals surface area (Å²) in [5.41, 5.74) is 0.577. The quantitative estimate of drug-likeness (QED) is 0.667. The molecule has 0 aliphatic rings. The third-order valence-corrected chi connectivity index (χ3v) is 3.87. The minimum absolute atomic E-state index is 0.0290. The van der Waals surface area contributed by atoms with Crippen molar-refractivity contribution in [2.45, 2.75) is 0 Å². The molecule has 0 radical (unpaired) electrons. The molecule has 0 saturated carbocycles. The first-order chi connectivity index (χ1) is 10.4. The third-order valence-electron chi connectivity index (χ3n) is 2.64. The van der Waals surface area contributed by atoms with E-state index in [0.29, 0.717) is 20.2 Å². The zero-order valence-corrected chi connectivity index (χ0v) is 14.0. The SMILES string of the molecule is O=C(Nc1ccc(Cl)c(Cl)c1)Nc1ccc(Br)cc1C(=O)O. The number of halogens is 3. The highest BCUT2D eigenvalue weighted by Gasteiger charge is 2.13. The van der Waals surface area contributed by atoms with Crippen molar-refractivity contribution >= 4 is 62.5 Å². The van der Waals surface area contributed by atoms with Gasteiger partial charge in [0.2, 0.25) is 0 Å². The van der Waals surface area contributed by atoms with Crippen LogP contribution in [0.2, 0.25) is 10.0 Å². The molecule has 2 amide bonds. The van der Waals surface area contributed by atoms with Crippen LogP contribution in [0.5, 0.6) is 0 Å². The maximum absolute atomic E-state index is 11.9. The lowest BCUT2D eigenvalue weighted by Gasteiger charge is -2.10. The third kappa shape index (κ3) is 4.13. The second kappa shape index (κ2) is 7.00. The highest BCUT2D eigenvalue weighted by atomic mass is 79.9. The Morgan fingerprint density at radius 2 is 1.73 bits per heavy atom. The van der Waals surface area contributed by atoms with E-state index in [-0.39, 0.29) is 11.3 Å². The molecule has 0 heterocycles. The smallest absolute Gasteiger partial charge is 0.337 e. The average molecular weight is 404 g/mol. The van der Waals surface area contributed by atoms with Gasteiger partial charge in [-0.05, 0) is 36.4 Å². The molecule has 8 heteroatoms. The Balaban J connectivity index is 2.15. The van der Waals surface area contributed by atoms with Gasteiger partial charge in [-0.25, -0.2) is 9.59 Å². The highest BCUT2D eigenvalue weighted by molar-refractivity contribution is 9.10. The lowest BCUT2D eigenvalue weighted by Crippen LogP contribution is -2.21. The highest BCUT2D eigenvalue weighted by Crippen LogP contribution is 2.25. The van der Waals surface area contributed by atoms with Crippen molar-refractivity contribution in [3.8, 4) is 0 Å². The van der Waals surface area contributed by atoms with Gasteiger partial charge in [-0.1, -0.05) is 39.1 Å². The predicted molar refractivity (Wildman–Crippen MR) is 90.2 cm³/mol. The summed E-state index contributed by atoms with van der Waals surface area (Å²) in [4.78, 5) is 23.1. The molecule has 2 aromatic rings. The molecule has 0 bridgehead atoms. The number of amides is 2. The van der Waals surface area contributed by atoms with E-state index in [1.165, 1.54) is 18.2 Å². The summed E-state index contributed by atoms with van der Waals surface area (Å²) in [5, 5.41) is 14.8. The summed E-state index contributed by atoms with van der Waals surface area (Å²) < 4.78 is 0.598. The molecule has 5 nitrogen and oxygen atoms in total. The summed E-state index contributed by atoms with van der Waals surface area (Å²) in [7, 11) is 0. The summed E-state index contributed by atoms with van der Waals surface area (Å²) in [6, 6.07) is 8.53. The molecule has 2 rings (SSSR count). The van der Waals surface area contributed by atoms with E-state index in [1.807, 2.05) is 0 Å². The van der Waals surface area contributed by atoms with E-state index >= 15 is 0 Å². The number of carbonyl (C=O) groups excluding carboxylic acids is 1. The number of anilines is 2. The molecular formula is C14H9BrCl2N2O3. The number of aromatic carboxylic acids is 1. The number of hydrogen-bond donors (Lipinski definition) is 3. The Kier molecular flexibility index (Phi) is 5.28. The van der Waals surface area contributed by atoms with E-state index in [4.69, 9.17) is 28.3 Å². The second-order valence-corrected chi connectivity index (χ2v) is 5.93. The Labute approximate surface area is 144 Å². The molecule has 3 N–H and O–H groups in total. The molecule has 22 heavy (non-hydrogen) atoms. The number of rotatable bonds is 3. The maximum atomic E-state index is 11.9. The molecule has 0 spiro atoms. The summed E-state index contributed by atoms with van der Waals surface area (Å²) in [6.07, 6.45) is 0. The maximum Gasteiger partial charge on any atom is 0.337 e. The molecule has 0 unspecified atom stereocenters. The Morgan fingerprint density at radius 3 is 2.36 bits per heavy atom. The fourth-order valence-electron chi connectivity index (χ4n) is 1.66.